The Kier molecular flexibility index (Phi) is 4.13. The summed E-state index contributed by atoms with van der Waals surface area (Å²) in [5.41, 5.74) is 1.92. The molecule has 3 saturated heterocycles. The number of methoxy groups -OCH3 is 1. The lowest BCUT2D eigenvalue weighted by atomic mass is 10.0. The standard InChI is InChI=1S/C23H24N2O4/c1-15-8-9-17(12-18(15)28-2)22(27)24-11-10-23-20(24)13-21(26)25(23)14-19(29-23)16-6-4-3-5-7-16/h3-9,12,19-20H,10-11,13-14H2,1-2H3/t19-,20-,23+/m1/s1. The average Bonchev–Trinajstić information content (AvgIpc) is 3.37. The number of likely N-dealkylation sites (tertiary alicyclic amines) is 1. The molecule has 3 fully saturated rings. The summed E-state index contributed by atoms with van der Waals surface area (Å²) in [5, 5.41) is 0. The largest absolute Gasteiger partial charge is 0.496 e. The van der Waals surface area contributed by atoms with Crippen molar-refractivity contribution in [2.75, 3.05) is 20.2 Å². The number of benzene rings is 2. The minimum Gasteiger partial charge on any atom is -0.496 e. The van der Waals surface area contributed by atoms with Gasteiger partial charge in [-0.3, -0.25) is 9.59 Å². The third-order valence-corrected chi connectivity index (χ3v) is 6.52. The van der Waals surface area contributed by atoms with Crippen molar-refractivity contribution in [1.29, 1.82) is 0 Å². The molecule has 0 unspecified atom stereocenters. The van der Waals surface area contributed by atoms with Crippen molar-refractivity contribution in [2.45, 2.75) is 37.6 Å². The van der Waals surface area contributed by atoms with E-state index in [1.807, 2.05) is 59.2 Å². The minimum atomic E-state index is -0.706. The van der Waals surface area contributed by atoms with Gasteiger partial charge >= 0.3 is 0 Å². The number of carbonyl (C=O) groups is 2. The number of ether oxygens (including phenoxy) is 2. The number of aryl methyl sites for hydroxylation is 1. The van der Waals surface area contributed by atoms with Crippen molar-refractivity contribution < 1.29 is 19.1 Å². The predicted octanol–water partition coefficient (Wildman–Crippen LogP) is 2.92. The molecule has 3 atom stereocenters. The van der Waals surface area contributed by atoms with Gasteiger partial charge in [-0.2, -0.15) is 0 Å². The van der Waals surface area contributed by atoms with E-state index in [0.29, 0.717) is 37.2 Å². The van der Waals surface area contributed by atoms with Crippen molar-refractivity contribution in [2.24, 2.45) is 0 Å². The maximum atomic E-state index is 13.3. The first-order valence-corrected chi connectivity index (χ1v) is 10.0. The molecule has 0 aliphatic carbocycles. The van der Waals surface area contributed by atoms with Crippen LogP contribution in [0.3, 0.4) is 0 Å². The quantitative estimate of drug-likeness (QED) is 0.806. The summed E-state index contributed by atoms with van der Waals surface area (Å²) in [7, 11) is 1.60. The van der Waals surface area contributed by atoms with Crippen LogP contribution in [-0.4, -0.2) is 53.6 Å². The molecule has 6 nitrogen and oxygen atoms in total. The Morgan fingerprint density at radius 3 is 2.76 bits per heavy atom. The highest BCUT2D eigenvalue weighted by molar-refractivity contribution is 5.96. The van der Waals surface area contributed by atoms with Gasteiger partial charge in [-0.25, -0.2) is 0 Å². The van der Waals surface area contributed by atoms with Crippen molar-refractivity contribution in [1.82, 2.24) is 9.80 Å². The average molecular weight is 392 g/mol. The molecule has 3 heterocycles. The van der Waals surface area contributed by atoms with Crippen LogP contribution in [0.25, 0.3) is 0 Å². The summed E-state index contributed by atoms with van der Waals surface area (Å²) in [4.78, 5) is 29.8. The van der Waals surface area contributed by atoms with E-state index < -0.39 is 5.72 Å². The van der Waals surface area contributed by atoms with E-state index in [2.05, 4.69) is 0 Å². The molecule has 2 aromatic carbocycles. The molecule has 150 valence electrons. The third kappa shape index (κ3) is 2.66. The van der Waals surface area contributed by atoms with Gasteiger partial charge in [-0.05, 0) is 30.2 Å². The summed E-state index contributed by atoms with van der Waals surface area (Å²) in [6.07, 6.45) is 0.801. The van der Waals surface area contributed by atoms with Gasteiger partial charge in [0.2, 0.25) is 5.91 Å². The smallest absolute Gasteiger partial charge is 0.254 e. The van der Waals surface area contributed by atoms with Gasteiger partial charge in [0.25, 0.3) is 5.91 Å². The Labute approximate surface area is 170 Å². The fourth-order valence-electron chi connectivity index (χ4n) is 5.03. The van der Waals surface area contributed by atoms with E-state index in [-0.39, 0.29) is 24.0 Å². The van der Waals surface area contributed by atoms with Gasteiger partial charge in [0.1, 0.15) is 11.9 Å². The molecule has 6 heteroatoms. The normalized spacial score (nSPS) is 27.9. The topological polar surface area (TPSA) is 59.1 Å². The maximum absolute atomic E-state index is 13.3. The van der Waals surface area contributed by atoms with Gasteiger partial charge in [-0.1, -0.05) is 36.4 Å². The number of hydrogen-bond donors (Lipinski definition) is 0. The molecule has 0 N–H and O–H groups in total. The number of hydrogen-bond acceptors (Lipinski definition) is 4. The second kappa shape index (κ2) is 6.59. The van der Waals surface area contributed by atoms with Crippen LogP contribution >= 0.6 is 0 Å². The van der Waals surface area contributed by atoms with E-state index in [1.54, 1.807) is 13.2 Å². The molecule has 1 spiro atoms. The van der Waals surface area contributed by atoms with Crippen LogP contribution in [-0.2, 0) is 9.53 Å². The molecule has 2 aromatic rings. The van der Waals surface area contributed by atoms with Crippen LogP contribution in [0.15, 0.2) is 48.5 Å². The molecular weight excluding hydrogens is 368 g/mol. The van der Waals surface area contributed by atoms with E-state index in [0.717, 1.165) is 11.1 Å². The van der Waals surface area contributed by atoms with Gasteiger partial charge in [0.05, 0.1) is 26.1 Å². The maximum Gasteiger partial charge on any atom is 0.254 e. The molecule has 3 aliphatic rings. The monoisotopic (exact) mass is 392 g/mol. The van der Waals surface area contributed by atoms with Crippen LogP contribution in [0, 0.1) is 6.92 Å². The third-order valence-electron chi connectivity index (χ3n) is 6.52. The molecule has 5 rings (SSSR count). The second-order valence-electron chi connectivity index (χ2n) is 8.02. The highest BCUT2D eigenvalue weighted by Gasteiger charge is 2.65. The Balaban J connectivity index is 1.43. The number of carbonyl (C=O) groups excluding carboxylic acids is 2. The molecule has 2 amide bonds. The molecule has 0 saturated carbocycles. The SMILES string of the molecule is COc1cc(C(=O)N2CC[C@@]34O[C@@H](c5ccccc5)CN3C(=O)C[C@@H]24)ccc1C. The highest BCUT2D eigenvalue weighted by Crippen LogP contribution is 2.50. The van der Waals surface area contributed by atoms with Crippen molar-refractivity contribution in [3.8, 4) is 5.75 Å². The molecule has 0 radical (unpaired) electrons. The summed E-state index contributed by atoms with van der Waals surface area (Å²) >= 11 is 0. The van der Waals surface area contributed by atoms with Crippen LogP contribution in [0.4, 0.5) is 0 Å². The van der Waals surface area contributed by atoms with Crippen molar-refractivity contribution in [3.63, 3.8) is 0 Å². The van der Waals surface area contributed by atoms with E-state index in [1.165, 1.54) is 0 Å². The lowest BCUT2D eigenvalue weighted by Gasteiger charge is -2.32. The summed E-state index contributed by atoms with van der Waals surface area (Å²) in [6, 6.07) is 15.2. The fraction of sp³-hybridized carbons (Fsp3) is 0.391. The Morgan fingerprint density at radius 1 is 1.21 bits per heavy atom. The molecule has 0 bridgehead atoms. The predicted molar refractivity (Wildman–Crippen MR) is 107 cm³/mol. The zero-order valence-electron chi connectivity index (χ0n) is 16.6. The Bertz CT molecular complexity index is 976. The highest BCUT2D eigenvalue weighted by atomic mass is 16.5. The summed E-state index contributed by atoms with van der Waals surface area (Å²) in [5.74, 6) is 0.675. The first-order valence-electron chi connectivity index (χ1n) is 10.0. The molecule has 0 aromatic heterocycles. The van der Waals surface area contributed by atoms with Crippen LogP contribution < -0.4 is 4.74 Å². The second-order valence-corrected chi connectivity index (χ2v) is 8.02. The van der Waals surface area contributed by atoms with Crippen LogP contribution in [0.5, 0.6) is 5.75 Å². The Morgan fingerprint density at radius 2 is 2.00 bits per heavy atom. The zero-order valence-corrected chi connectivity index (χ0v) is 16.6. The van der Waals surface area contributed by atoms with Crippen LogP contribution in [0.1, 0.15) is 40.4 Å². The van der Waals surface area contributed by atoms with Crippen LogP contribution in [0.2, 0.25) is 0 Å². The molecular formula is C23H24N2O4. The molecule has 29 heavy (non-hydrogen) atoms. The first-order chi connectivity index (χ1) is 14.0. The molecule has 3 aliphatic heterocycles. The first kappa shape index (κ1) is 18.2. The van der Waals surface area contributed by atoms with E-state index in [9.17, 15) is 9.59 Å². The number of nitrogens with zero attached hydrogens (tertiary/aromatic N) is 2. The summed E-state index contributed by atoms with van der Waals surface area (Å²) in [6.45, 7) is 3.06. The Hall–Kier alpha value is -2.86. The van der Waals surface area contributed by atoms with Gasteiger partial charge < -0.3 is 19.3 Å². The van der Waals surface area contributed by atoms with E-state index >= 15 is 0 Å². The van der Waals surface area contributed by atoms with E-state index in [4.69, 9.17) is 9.47 Å². The number of rotatable bonds is 3. The van der Waals surface area contributed by atoms with Gasteiger partial charge in [0, 0.05) is 18.5 Å². The minimum absolute atomic E-state index is 0.0624. The van der Waals surface area contributed by atoms with Crippen molar-refractivity contribution in [3.05, 3.63) is 65.2 Å². The fourth-order valence-corrected chi connectivity index (χ4v) is 5.03. The lowest BCUT2D eigenvalue weighted by Crippen LogP contribution is -2.48. The zero-order chi connectivity index (χ0) is 20.2. The van der Waals surface area contributed by atoms with Gasteiger partial charge in [-0.15, -0.1) is 0 Å². The lowest BCUT2D eigenvalue weighted by molar-refractivity contribution is -0.138. The van der Waals surface area contributed by atoms with Crippen molar-refractivity contribution >= 4 is 11.8 Å². The van der Waals surface area contributed by atoms with Gasteiger partial charge in [0.15, 0.2) is 5.72 Å². The summed E-state index contributed by atoms with van der Waals surface area (Å²) < 4.78 is 11.9. The number of amides is 2.